The molecule has 0 saturated carbocycles. The van der Waals surface area contributed by atoms with Gasteiger partial charge in [0.15, 0.2) is 11.5 Å². The van der Waals surface area contributed by atoms with Crippen molar-refractivity contribution in [3.8, 4) is 11.5 Å². The van der Waals surface area contributed by atoms with E-state index in [4.69, 9.17) is 9.47 Å². The number of aromatic nitrogens is 4. The minimum Gasteiger partial charge on any atom is -0.493 e. The van der Waals surface area contributed by atoms with Crippen molar-refractivity contribution in [2.45, 2.75) is 6.92 Å². The number of anilines is 1. The molecular formula is C13H15N5O3. The van der Waals surface area contributed by atoms with Gasteiger partial charge in [0, 0.05) is 6.08 Å². The zero-order valence-electron chi connectivity index (χ0n) is 11.7. The lowest BCUT2D eigenvalue weighted by molar-refractivity contribution is -0.111. The minimum atomic E-state index is -0.357. The van der Waals surface area contributed by atoms with Crippen LogP contribution in [0.3, 0.4) is 0 Å². The van der Waals surface area contributed by atoms with E-state index >= 15 is 0 Å². The van der Waals surface area contributed by atoms with Gasteiger partial charge in [-0.1, -0.05) is 11.2 Å². The highest BCUT2D eigenvalue weighted by Gasteiger charge is 2.05. The van der Waals surface area contributed by atoms with Crippen molar-refractivity contribution in [1.29, 1.82) is 0 Å². The first-order valence-electron chi connectivity index (χ1n) is 6.26. The van der Waals surface area contributed by atoms with Crippen LogP contribution in [0, 0.1) is 0 Å². The lowest BCUT2D eigenvalue weighted by Crippen LogP contribution is -2.09. The number of hydrogen-bond acceptors (Lipinski definition) is 6. The van der Waals surface area contributed by atoms with Crippen molar-refractivity contribution >= 4 is 17.9 Å². The van der Waals surface area contributed by atoms with Crippen LogP contribution in [-0.2, 0) is 4.79 Å². The van der Waals surface area contributed by atoms with Crippen molar-refractivity contribution in [2.24, 2.45) is 0 Å². The van der Waals surface area contributed by atoms with Gasteiger partial charge >= 0.3 is 0 Å². The lowest BCUT2D eigenvalue weighted by atomic mass is 10.2. The van der Waals surface area contributed by atoms with E-state index < -0.39 is 0 Å². The largest absolute Gasteiger partial charge is 0.493 e. The van der Waals surface area contributed by atoms with Gasteiger partial charge in [0.2, 0.25) is 0 Å². The molecule has 0 saturated heterocycles. The van der Waals surface area contributed by atoms with Crippen LogP contribution in [0.2, 0.25) is 0 Å². The predicted octanol–water partition coefficient (Wildman–Crippen LogP) is 1.26. The number of carbonyl (C=O) groups is 1. The molecule has 8 nitrogen and oxygen atoms in total. The van der Waals surface area contributed by atoms with Crippen molar-refractivity contribution in [3.05, 3.63) is 29.8 Å². The number of amides is 1. The van der Waals surface area contributed by atoms with Gasteiger partial charge in [-0.3, -0.25) is 10.1 Å². The Balaban J connectivity index is 2.04. The van der Waals surface area contributed by atoms with Gasteiger partial charge in [-0.2, -0.15) is 5.21 Å². The van der Waals surface area contributed by atoms with Gasteiger partial charge in [-0.05, 0) is 35.9 Å². The Hall–Kier alpha value is -2.90. The highest BCUT2D eigenvalue weighted by Crippen LogP contribution is 2.28. The maximum Gasteiger partial charge on any atom is 0.270 e. The Labute approximate surface area is 121 Å². The Morgan fingerprint density at radius 3 is 2.95 bits per heavy atom. The maximum atomic E-state index is 11.6. The molecule has 0 unspecified atom stereocenters. The second-order valence-corrected chi connectivity index (χ2v) is 3.90. The van der Waals surface area contributed by atoms with E-state index in [1.807, 2.05) is 13.0 Å². The summed E-state index contributed by atoms with van der Waals surface area (Å²) in [5, 5.41) is 15.3. The number of hydrogen-bond donors (Lipinski definition) is 2. The number of methoxy groups -OCH3 is 1. The molecule has 2 N–H and O–H groups in total. The molecule has 0 aliphatic heterocycles. The number of nitrogens with zero attached hydrogens (tertiary/aromatic N) is 3. The van der Waals surface area contributed by atoms with Crippen LogP contribution in [0.5, 0.6) is 11.5 Å². The van der Waals surface area contributed by atoms with Gasteiger partial charge in [0.05, 0.1) is 13.7 Å². The number of tetrazole rings is 1. The highest BCUT2D eigenvalue weighted by atomic mass is 16.5. The Kier molecular flexibility index (Phi) is 4.86. The average Bonchev–Trinajstić information content (AvgIpc) is 2.99. The Morgan fingerprint density at radius 2 is 2.29 bits per heavy atom. The van der Waals surface area contributed by atoms with Crippen LogP contribution in [0.1, 0.15) is 12.5 Å². The summed E-state index contributed by atoms with van der Waals surface area (Å²) in [6.45, 7) is 2.45. The monoisotopic (exact) mass is 289 g/mol. The predicted molar refractivity (Wildman–Crippen MR) is 76.0 cm³/mol. The van der Waals surface area contributed by atoms with Crippen molar-refractivity contribution < 1.29 is 14.3 Å². The van der Waals surface area contributed by atoms with Gasteiger partial charge in [-0.25, -0.2) is 0 Å². The third-order valence-electron chi connectivity index (χ3n) is 2.50. The summed E-state index contributed by atoms with van der Waals surface area (Å²) in [4.78, 5) is 11.6. The molecule has 2 rings (SSSR count). The number of aromatic amines is 1. The third kappa shape index (κ3) is 4.03. The van der Waals surface area contributed by atoms with E-state index in [0.29, 0.717) is 18.1 Å². The molecule has 21 heavy (non-hydrogen) atoms. The third-order valence-corrected chi connectivity index (χ3v) is 2.50. The summed E-state index contributed by atoms with van der Waals surface area (Å²) in [5.74, 6) is 1.03. The van der Waals surface area contributed by atoms with Crippen LogP contribution >= 0.6 is 0 Å². The number of rotatable bonds is 6. The topological polar surface area (TPSA) is 102 Å². The molecule has 0 aliphatic rings. The van der Waals surface area contributed by atoms with E-state index in [1.54, 1.807) is 25.3 Å². The molecule has 0 radical (unpaired) electrons. The Morgan fingerprint density at radius 1 is 1.43 bits per heavy atom. The van der Waals surface area contributed by atoms with Crippen molar-refractivity contribution in [1.82, 2.24) is 20.6 Å². The fourth-order valence-corrected chi connectivity index (χ4v) is 1.60. The average molecular weight is 289 g/mol. The summed E-state index contributed by atoms with van der Waals surface area (Å²) >= 11 is 0. The Bertz CT molecular complexity index is 625. The molecular weight excluding hydrogens is 274 g/mol. The van der Waals surface area contributed by atoms with Gasteiger partial charge < -0.3 is 9.47 Å². The molecule has 1 heterocycles. The van der Waals surface area contributed by atoms with E-state index in [1.165, 1.54) is 6.08 Å². The number of benzene rings is 1. The summed E-state index contributed by atoms with van der Waals surface area (Å²) in [6.07, 6.45) is 3.01. The highest BCUT2D eigenvalue weighted by molar-refractivity contribution is 6.00. The van der Waals surface area contributed by atoms with E-state index in [-0.39, 0.29) is 11.9 Å². The summed E-state index contributed by atoms with van der Waals surface area (Å²) in [7, 11) is 1.56. The molecule has 0 atom stereocenters. The van der Waals surface area contributed by atoms with Crippen LogP contribution in [0.4, 0.5) is 5.95 Å². The van der Waals surface area contributed by atoms with Crippen molar-refractivity contribution in [3.63, 3.8) is 0 Å². The second-order valence-electron chi connectivity index (χ2n) is 3.90. The molecule has 0 aliphatic carbocycles. The number of H-pyrrole nitrogens is 1. The van der Waals surface area contributed by atoms with Crippen LogP contribution in [-0.4, -0.2) is 40.2 Å². The SMILES string of the molecule is CCOc1ccc(/C=C/C(=O)Nc2nn[nH]n2)cc1OC. The molecule has 0 bridgehead atoms. The zero-order valence-corrected chi connectivity index (χ0v) is 11.7. The van der Waals surface area contributed by atoms with Crippen LogP contribution in [0.25, 0.3) is 6.08 Å². The van der Waals surface area contributed by atoms with E-state index in [2.05, 4.69) is 25.9 Å². The van der Waals surface area contributed by atoms with E-state index in [9.17, 15) is 4.79 Å². The van der Waals surface area contributed by atoms with Crippen LogP contribution in [0.15, 0.2) is 24.3 Å². The minimum absolute atomic E-state index is 0.119. The first kappa shape index (κ1) is 14.5. The van der Waals surface area contributed by atoms with Gasteiger partial charge in [0.25, 0.3) is 11.9 Å². The molecule has 2 aromatic rings. The first-order valence-corrected chi connectivity index (χ1v) is 6.26. The molecule has 1 amide bonds. The second kappa shape index (κ2) is 7.04. The van der Waals surface area contributed by atoms with Gasteiger partial charge in [0.1, 0.15) is 0 Å². The fraction of sp³-hybridized carbons (Fsp3) is 0.231. The summed E-state index contributed by atoms with van der Waals surface area (Å²) in [5.41, 5.74) is 0.804. The number of ether oxygens (including phenoxy) is 2. The standard InChI is InChI=1S/C13H15N5O3/c1-3-21-10-6-4-9(8-11(10)20-2)5-7-12(19)14-13-15-17-18-16-13/h4-8H,3H2,1-2H3,(H2,14,15,16,17,18,19)/b7-5+. The number of carbonyl (C=O) groups excluding carboxylic acids is 1. The normalized spacial score (nSPS) is 10.6. The maximum absolute atomic E-state index is 11.6. The first-order chi connectivity index (χ1) is 10.2. The smallest absolute Gasteiger partial charge is 0.270 e. The van der Waals surface area contributed by atoms with Crippen molar-refractivity contribution in [2.75, 3.05) is 19.0 Å². The van der Waals surface area contributed by atoms with E-state index in [0.717, 1.165) is 5.56 Å². The molecule has 0 fully saturated rings. The number of nitrogens with one attached hydrogen (secondary N) is 2. The zero-order chi connectivity index (χ0) is 15.1. The molecule has 0 spiro atoms. The molecule has 8 heteroatoms. The molecule has 1 aromatic heterocycles. The quantitative estimate of drug-likeness (QED) is 0.776. The fourth-order valence-electron chi connectivity index (χ4n) is 1.60. The van der Waals surface area contributed by atoms with Gasteiger partial charge in [-0.15, -0.1) is 5.10 Å². The summed E-state index contributed by atoms with van der Waals surface area (Å²) in [6, 6.07) is 5.40. The lowest BCUT2D eigenvalue weighted by Gasteiger charge is -2.09. The molecule has 1 aromatic carbocycles. The summed E-state index contributed by atoms with van der Waals surface area (Å²) < 4.78 is 10.7. The van der Waals surface area contributed by atoms with Crippen LogP contribution < -0.4 is 14.8 Å². The molecule has 110 valence electrons.